The lowest BCUT2D eigenvalue weighted by atomic mass is 9.89. The number of fused-ring (bicyclic) bond motifs is 1. The first kappa shape index (κ1) is 13.8. The van der Waals surface area contributed by atoms with Crippen molar-refractivity contribution >= 4 is 17.3 Å². The summed E-state index contributed by atoms with van der Waals surface area (Å²) in [7, 11) is 1.93. The van der Waals surface area contributed by atoms with Gasteiger partial charge < -0.3 is 5.32 Å². The Kier molecular flexibility index (Phi) is 4.02. The van der Waals surface area contributed by atoms with Crippen molar-refractivity contribution in [2.45, 2.75) is 12.8 Å². The van der Waals surface area contributed by atoms with Crippen molar-refractivity contribution in [3.8, 4) is 0 Å². The Bertz CT molecular complexity index is 624. The monoisotopic (exact) mass is 280 g/mol. The number of hydrogen-bond acceptors (Lipinski definition) is 2. The van der Waals surface area contributed by atoms with Crippen molar-refractivity contribution in [3.05, 3.63) is 60.2 Å². The summed E-state index contributed by atoms with van der Waals surface area (Å²) < 4.78 is 0. The van der Waals surface area contributed by atoms with Gasteiger partial charge in [0.1, 0.15) is 0 Å². The highest BCUT2D eigenvalue weighted by molar-refractivity contribution is 6.04. The SMILES string of the molecule is CNCCC1Cc2ccccc2N(c2ccccc2)C1=O. The molecule has 0 radical (unpaired) electrons. The number of carbonyl (C=O) groups is 1. The molecule has 0 fully saturated rings. The van der Waals surface area contributed by atoms with E-state index in [0.29, 0.717) is 0 Å². The molecule has 0 bridgehead atoms. The lowest BCUT2D eigenvalue weighted by molar-refractivity contribution is -0.122. The molecule has 0 saturated heterocycles. The van der Waals surface area contributed by atoms with Crippen LogP contribution in [0.25, 0.3) is 0 Å². The van der Waals surface area contributed by atoms with Gasteiger partial charge in [-0.1, -0.05) is 36.4 Å². The molecule has 0 saturated carbocycles. The number of nitrogens with zero attached hydrogens (tertiary/aromatic N) is 1. The van der Waals surface area contributed by atoms with Gasteiger partial charge in [-0.05, 0) is 50.2 Å². The molecule has 21 heavy (non-hydrogen) atoms. The number of hydrogen-bond donors (Lipinski definition) is 1. The Morgan fingerprint density at radius 2 is 1.81 bits per heavy atom. The van der Waals surface area contributed by atoms with Gasteiger partial charge in [0.05, 0.1) is 5.69 Å². The minimum atomic E-state index is 0.0487. The van der Waals surface area contributed by atoms with Crippen LogP contribution in [0.4, 0.5) is 11.4 Å². The van der Waals surface area contributed by atoms with Crippen LogP contribution in [0.2, 0.25) is 0 Å². The summed E-state index contributed by atoms with van der Waals surface area (Å²) >= 11 is 0. The summed E-state index contributed by atoms with van der Waals surface area (Å²) in [5, 5.41) is 3.14. The Morgan fingerprint density at radius 3 is 2.57 bits per heavy atom. The van der Waals surface area contributed by atoms with Crippen LogP contribution in [0.5, 0.6) is 0 Å². The number of nitrogens with one attached hydrogen (secondary N) is 1. The second kappa shape index (κ2) is 6.10. The van der Waals surface area contributed by atoms with Gasteiger partial charge in [-0.15, -0.1) is 0 Å². The second-order valence-electron chi connectivity index (χ2n) is 5.43. The third-order valence-corrected chi connectivity index (χ3v) is 4.03. The molecule has 0 aromatic heterocycles. The number of carbonyl (C=O) groups excluding carboxylic acids is 1. The molecular formula is C18H20N2O. The van der Waals surface area contributed by atoms with Crippen molar-refractivity contribution in [1.82, 2.24) is 5.32 Å². The van der Waals surface area contributed by atoms with Crippen LogP contribution in [-0.2, 0) is 11.2 Å². The topological polar surface area (TPSA) is 32.3 Å². The standard InChI is InChI=1S/C18H20N2O/c1-19-12-11-15-13-14-7-5-6-10-17(14)20(18(15)21)16-8-3-2-4-9-16/h2-10,15,19H,11-13H2,1H3. The van der Waals surface area contributed by atoms with Gasteiger partial charge >= 0.3 is 0 Å². The zero-order valence-electron chi connectivity index (χ0n) is 12.3. The van der Waals surface area contributed by atoms with Crippen molar-refractivity contribution < 1.29 is 4.79 Å². The lowest BCUT2D eigenvalue weighted by Crippen LogP contribution is -2.39. The summed E-state index contributed by atoms with van der Waals surface area (Å²) in [6.07, 6.45) is 1.70. The van der Waals surface area contributed by atoms with E-state index >= 15 is 0 Å². The molecule has 1 aliphatic rings. The van der Waals surface area contributed by atoms with Crippen LogP contribution in [0.15, 0.2) is 54.6 Å². The van der Waals surface area contributed by atoms with Gasteiger partial charge in [0.25, 0.3) is 0 Å². The fraction of sp³-hybridized carbons (Fsp3) is 0.278. The second-order valence-corrected chi connectivity index (χ2v) is 5.43. The molecule has 1 N–H and O–H groups in total. The quantitative estimate of drug-likeness (QED) is 0.933. The first-order chi connectivity index (χ1) is 10.3. The van der Waals surface area contributed by atoms with Gasteiger partial charge in [0.15, 0.2) is 0 Å². The highest BCUT2D eigenvalue weighted by Crippen LogP contribution is 2.36. The van der Waals surface area contributed by atoms with Crippen LogP contribution < -0.4 is 10.2 Å². The molecule has 2 aromatic carbocycles. The van der Waals surface area contributed by atoms with Crippen molar-refractivity contribution in [1.29, 1.82) is 0 Å². The number of anilines is 2. The van der Waals surface area contributed by atoms with Gasteiger partial charge in [0.2, 0.25) is 5.91 Å². The summed E-state index contributed by atoms with van der Waals surface area (Å²) in [5.74, 6) is 0.253. The first-order valence-corrected chi connectivity index (χ1v) is 7.43. The van der Waals surface area contributed by atoms with E-state index in [4.69, 9.17) is 0 Å². The molecule has 1 aliphatic heterocycles. The maximum absolute atomic E-state index is 12.9. The predicted octanol–water partition coefficient (Wildman–Crippen LogP) is 3.13. The van der Waals surface area contributed by atoms with Crippen LogP contribution in [-0.4, -0.2) is 19.5 Å². The summed E-state index contributed by atoms with van der Waals surface area (Å²) in [4.78, 5) is 14.8. The smallest absolute Gasteiger partial charge is 0.235 e. The van der Waals surface area contributed by atoms with E-state index in [1.54, 1.807) is 0 Å². The number of amides is 1. The van der Waals surface area contributed by atoms with Crippen molar-refractivity contribution in [2.24, 2.45) is 5.92 Å². The van der Waals surface area contributed by atoms with Crippen molar-refractivity contribution in [3.63, 3.8) is 0 Å². The van der Waals surface area contributed by atoms with E-state index < -0.39 is 0 Å². The molecule has 3 heteroatoms. The average molecular weight is 280 g/mol. The average Bonchev–Trinajstić information content (AvgIpc) is 2.54. The minimum Gasteiger partial charge on any atom is -0.320 e. The zero-order valence-corrected chi connectivity index (χ0v) is 12.3. The Hall–Kier alpha value is -2.13. The fourth-order valence-corrected chi connectivity index (χ4v) is 2.94. The molecular weight excluding hydrogens is 260 g/mol. The third-order valence-electron chi connectivity index (χ3n) is 4.03. The van der Waals surface area contributed by atoms with Gasteiger partial charge in [-0.3, -0.25) is 9.69 Å². The minimum absolute atomic E-state index is 0.0487. The molecule has 108 valence electrons. The van der Waals surface area contributed by atoms with E-state index in [1.165, 1.54) is 5.56 Å². The van der Waals surface area contributed by atoms with Gasteiger partial charge in [-0.2, -0.15) is 0 Å². The third kappa shape index (κ3) is 2.69. The number of benzene rings is 2. The van der Waals surface area contributed by atoms with E-state index in [0.717, 1.165) is 30.8 Å². The van der Waals surface area contributed by atoms with Crippen molar-refractivity contribution in [2.75, 3.05) is 18.5 Å². The first-order valence-electron chi connectivity index (χ1n) is 7.43. The lowest BCUT2D eigenvalue weighted by Gasteiger charge is -2.34. The Morgan fingerprint density at radius 1 is 1.10 bits per heavy atom. The Labute approximate surface area is 125 Å². The van der Waals surface area contributed by atoms with Crippen LogP contribution in [0.3, 0.4) is 0 Å². The number of para-hydroxylation sites is 2. The molecule has 3 nitrogen and oxygen atoms in total. The van der Waals surface area contributed by atoms with Crippen LogP contribution >= 0.6 is 0 Å². The molecule has 0 aliphatic carbocycles. The molecule has 1 unspecified atom stereocenters. The summed E-state index contributed by atoms with van der Waals surface area (Å²) in [5.41, 5.74) is 3.22. The number of rotatable bonds is 4. The molecule has 1 atom stereocenters. The summed E-state index contributed by atoms with van der Waals surface area (Å²) in [6.45, 7) is 0.862. The normalized spacial score (nSPS) is 17.7. The zero-order chi connectivity index (χ0) is 14.7. The van der Waals surface area contributed by atoms with E-state index in [9.17, 15) is 4.79 Å². The predicted molar refractivity (Wildman–Crippen MR) is 85.8 cm³/mol. The highest BCUT2D eigenvalue weighted by atomic mass is 16.2. The van der Waals surface area contributed by atoms with Crippen LogP contribution in [0, 0.1) is 5.92 Å². The highest BCUT2D eigenvalue weighted by Gasteiger charge is 2.32. The molecule has 1 amide bonds. The molecule has 1 heterocycles. The fourth-order valence-electron chi connectivity index (χ4n) is 2.94. The molecule has 2 aromatic rings. The van der Waals surface area contributed by atoms with E-state index in [1.807, 2.05) is 60.5 Å². The van der Waals surface area contributed by atoms with Gasteiger partial charge in [0, 0.05) is 11.6 Å². The summed E-state index contributed by atoms with van der Waals surface area (Å²) in [6, 6.07) is 18.1. The van der Waals surface area contributed by atoms with Gasteiger partial charge in [-0.25, -0.2) is 0 Å². The maximum atomic E-state index is 12.9. The van der Waals surface area contributed by atoms with E-state index in [-0.39, 0.29) is 11.8 Å². The maximum Gasteiger partial charge on any atom is 0.235 e. The van der Waals surface area contributed by atoms with Crippen LogP contribution in [0.1, 0.15) is 12.0 Å². The largest absolute Gasteiger partial charge is 0.320 e. The molecule has 3 rings (SSSR count). The van der Waals surface area contributed by atoms with E-state index in [2.05, 4.69) is 11.4 Å². The Balaban J connectivity index is 2.01. The molecule has 0 spiro atoms.